The number of para-hydroxylation sites is 1. The highest BCUT2D eigenvalue weighted by Crippen LogP contribution is 2.27. The lowest BCUT2D eigenvalue weighted by Gasteiger charge is -2.09. The smallest absolute Gasteiger partial charge is 0.308 e. The third-order valence-electron chi connectivity index (χ3n) is 4.34. The van der Waals surface area contributed by atoms with Crippen molar-refractivity contribution in [3.05, 3.63) is 89.3 Å². The minimum atomic E-state index is -0.373. The number of benzene rings is 3. The van der Waals surface area contributed by atoms with E-state index in [1.54, 1.807) is 6.08 Å². The number of imide groups is 1. The van der Waals surface area contributed by atoms with E-state index in [1.807, 2.05) is 78.9 Å². The Bertz CT molecular complexity index is 1140. The second-order valence-corrected chi connectivity index (χ2v) is 7.51. The number of thioether (sulfide) groups is 1. The average molecular weight is 415 g/mol. The van der Waals surface area contributed by atoms with Crippen LogP contribution in [0.4, 0.5) is 21.0 Å². The van der Waals surface area contributed by atoms with E-state index in [0.717, 1.165) is 28.5 Å². The zero-order chi connectivity index (χ0) is 20.9. The summed E-state index contributed by atoms with van der Waals surface area (Å²) >= 11 is 0.893. The van der Waals surface area contributed by atoms with Gasteiger partial charge in [0.2, 0.25) is 0 Å². The lowest BCUT2D eigenvalue weighted by Crippen LogP contribution is -2.19. The molecule has 0 aliphatic carbocycles. The minimum absolute atomic E-state index is 0.317. The number of hydrogen-bond acceptors (Lipinski definition) is 4. The van der Waals surface area contributed by atoms with Crippen molar-refractivity contribution in [3.63, 3.8) is 0 Å². The van der Waals surface area contributed by atoms with Crippen LogP contribution in [0.1, 0.15) is 5.56 Å². The van der Waals surface area contributed by atoms with E-state index in [1.165, 1.54) is 0 Å². The van der Waals surface area contributed by atoms with Crippen molar-refractivity contribution >= 4 is 46.4 Å². The Balaban J connectivity index is 1.46. The summed E-state index contributed by atoms with van der Waals surface area (Å²) in [4.78, 5) is 35.5. The van der Waals surface area contributed by atoms with Crippen LogP contribution in [0.5, 0.6) is 0 Å². The van der Waals surface area contributed by atoms with Crippen molar-refractivity contribution in [3.8, 4) is 11.1 Å². The molecule has 1 aliphatic heterocycles. The molecule has 6 nitrogen and oxygen atoms in total. The van der Waals surface area contributed by atoms with Crippen molar-refractivity contribution in [2.45, 2.75) is 0 Å². The molecule has 3 N–H and O–H groups in total. The van der Waals surface area contributed by atoms with Crippen molar-refractivity contribution in [2.75, 3.05) is 10.6 Å². The molecule has 0 spiro atoms. The standard InChI is InChI=1S/C23H17N3O3S/c27-21-20(30-23(29)26-21)13-15-9-11-16(12-10-15)17-5-4-8-19(14-17)25-22(28)24-18-6-2-1-3-7-18/h1-14H,(H2,24,25,28)(H,26,27,29)/b20-13+. The summed E-state index contributed by atoms with van der Waals surface area (Å²) in [5, 5.41) is 7.49. The number of anilines is 2. The fourth-order valence-corrected chi connectivity index (χ4v) is 3.62. The molecule has 0 bridgehead atoms. The third-order valence-corrected chi connectivity index (χ3v) is 5.15. The molecule has 1 fully saturated rings. The van der Waals surface area contributed by atoms with Crippen LogP contribution in [0.25, 0.3) is 17.2 Å². The van der Waals surface area contributed by atoms with Gasteiger partial charge in [-0.2, -0.15) is 0 Å². The summed E-state index contributed by atoms with van der Waals surface area (Å²) in [6, 6.07) is 24.0. The van der Waals surface area contributed by atoms with Gasteiger partial charge in [-0.15, -0.1) is 0 Å². The molecular weight excluding hydrogens is 398 g/mol. The van der Waals surface area contributed by atoms with Gasteiger partial charge in [0.05, 0.1) is 4.91 Å². The van der Waals surface area contributed by atoms with E-state index in [-0.39, 0.29) is 17.2 Å². The average Bonchev–Trinajstić information content (AvgIpc) is 3.06. The van der Waals surface area contributed by atoms with Crippen LogP contribution >= 0.6 is 11.8 Å². The SMILES string of the molecule is O=C(Nc1ccccc1)Nc1cccc(-c2ccc(/C=C3/SC(=O)NC3=O)cc2)c1. The fourth-order valence-electron chi connectivity index (χ4n) is 2.94. The Morgan fingerprint density at radius 1 is 0.800 bits per heavy atom. The topological polar surface area (TPSA) is 87.3 Å². The second-order valence-electron chi connectivity index (χ2n) is 6.50. The summed E-state index contributed by atoms with van der Waals surface area (Å²) < 4.78 is 0. The maximum atomic E-state index is 12.2. The van der Waals surface area contributed by atoms with Gasteiger partial charge in [0, 0.05) is 11.4 Å². The van der Waals surface area contributed by atoms with Gasteiger partial charge in [-0.25, -0.2) is 4.79 Å². The minimum Gasteiger partial charge on any atom is -0.308 e. The van der Waals surface area contributed by atoms with Gasteiger partial charge in [-0.1, -0.05) is 54.6 Å². The Hall–Kier alpha value is -3.84. The maximum Gasteiger partial charge on any atom is 0.323 e. The van der Waals surface area contributed by atoms with Crippen molar-refractivity contribution < 1.29 is 14.4 Å². The van der Waals surface area contributed by atoms with E-state index >= 15 is 0 Å². The molecule has 0 atom stereocenters. The normalized spacial score (nSPS) is 14.5. The van der Waals surface area contributed by atoms with Gasteiger partial charge in [0.15, 0.2) is 0 Å². The third kappa shape index (κ3) is 4.76. The summed E-state index contributed by atoms with van der Waals surface area (Å²) in [6.45, 7) is 0. The first-order valence-electron chi connectivity index (χ1n) is 9.15. The summed E-state index contributed by atoms with van der Waals surface area (Å²) in [5.41, 5.74) is 4.11. The number of nitrogens with one attached hydrogen (secondary N) is 3. The van der Waals surface area contributed by atoms with Gasteiger partial charge in [-0.05, 0) is 58.8 Å². The predicted molar refractivity (Wildman–Crippen MR) is 120 cm³/mol. The predicted octanol–water partition coefficient (Wildman–Crippen LogP) is 5.32. The lowest BCUT2D eigenvalue weighted by molar-refractivity contribution is -0.115. The van der Waals surface area contributed by atoms with Gasteiger partial charge in [0.1, 0.15) is 0 Å². The van der Waals surface area contributed by atoms with Gasteiger partial charge in [-0.3, -0.25) is 14.9 Å². The molecule has 0 saturated carbocycles. The molecule has 148 valence electrons. The van der Waals surface area contributed by atoms with Gasteiger partial charge in [0.25, 0.3) is 11.1 Å². The molecule has 1 aliphatic rings. The highest BCUT2D eigenvalue weighted by molar-refractivity contribution is 8.18. The first-order chi connectivity index (χ1) is 14.6. The first kappa shape index (κ1) is 19.5. The molecule has 0 unspecified atom stereocenters. The van der Waals surface area contributed by atoms with E-state index in [0.29, 0.717) is 16.3 Å². The van der Waals surface area contributed by atoms with Crippen molar-refractivity contribution in [1.29, 1.82) is 0 Å². The molecule has 3 aromatic rings. The molecule has 1 heterocycles. The van der Waals surface area contributed by atoms with Crippen LogP contribution in [0.3, 0.4) is 0 Å². The highest BCUT2D eigenvalue weighted by atomic mass is 32.2. The van der Waals surface area contributed by atoms with Crippen LogP contribution in [-0.2, 0) is 4.79 Å². The molecule has 3 aromatic carbocycles. The number of carbonyl (C=O) groups excluding carboxylic acids is 3. The largest absolute Gasteiger partial charge is 0.323 e. The summed E-state index contributed by atoms with van der Waals surface area (Å²) in [7, 11) is 0. The molecule has 0 aromatic heterocycles. The number of amides is 4. The Morgan fingerprint density at radius 2 is 1.50 bits per heavy atom. The number of carbonyl (C=O) groups is 3. The van der Waals surface area contributed by atoms with Gasteiger partial charge < -0.3 is 10.6 Å². The van der Waals surface area contributed by atoms with Crippen LogP contribution in [0.15, 0.2) is 83.8 Å². The maximum absolute atomic E-state index is 12.2. The van der Waals surface area contributed by atoms with Crippen LogP contribution in [-0.4, -0.2) is 17.2 Å². The van der Waals surface area contributed by atoms with E-state index in [2.05, 4.69) is 16.0 Å². The molecule has 1 saturated heterocycles. The van der Waals surface area contributed by atoms with E-state index in [4.69, 9.17) is 0 Å². The monoisotopic (exact) mass is 415 g/mol. The van der Waals surface area contributed by atoms with Gasteiger partial charge >= 0.3 is 6.03 Å². The van der Waals surface area contributed by atoms with Crippen LogP contribution < -0.4 is 16.0 Å². The molecular formula is C23H17N3O3S. The van der Waals surface area contributed by atoms with E-state index in [9.17, 15) is 14.4 Å². The fraction of sp³-hybridized carbons (Fsp3) is 0. The Labute approximate surface area is 177 Å². The number of urea groups is 1. The molecule has 30 heavy (non-hydrogen) atoms. The molecule has 4 rings (SSSR count). The number of hydrogen-bond donors (Lipinski definition) is 3. The summed E-state index contributed by atoms with van der Waals surface area (Å²) in [6.07, 6.45) is 1.68. The molecule has 7 heteroatoms. The second kappa shape index (κ2) is 8.67. The molecule has 0 radical (unpaired) electrons. The lowest BCUT2D eigenvalue weighted by atomic mass is 10.0. The quantitative estimate of drug-likeness (QED) is 0.503. The zero-order valence-corrected chi connectivity index (χ0v) is 16.5. The first-order valence-corrected chi connectivity index (χ1v) is 9.97. The van der Waals surface area contributed by atoms with Crippen LogP contribution in [0.2, 0.25) is 0 Å². The highest BCUT2D eigenvalue weighted by Gasteiger charge is 2.24. The Morgan fingerprint density at radius 3 is 2.20 bits per heavy atom. The molecule has 4 amide bonds. The summed E-state index contributed by atoms with van der Waals surface area (Å²) in [5.74, 6) is -0.373. The zero-order valence-electron chi connectivity index (χ0n) is 15.7. The van der Waals surface area contributed by atoms with Crippen molar-refractivity contribution in [2.24, 2.45) is 0 Å². The van der Waals surface area contributed by atoms with Crippen molar-refractivity contribution in [1.82, 2.24) is 5.32 Å². The Kier molecular flexibility index (Phi) is 5.63. The number of rotatable bonds is 4. The van der Waals surface area contributed by atoms with E-state index < -0.39 is 0 Å². The van der Waals surface area contributed by atoms with Crippen LogP contribution in [0, 0.1) is 0 Å².